The fourth-order valence-electron chi connectivity index (χ4n) is 6.63. The summed E-state index contributed by atoms with van der Waals surface area (Å²) in [6.45, 7) is 7.21. The molecule has 2 aromatic rings. The number of aromatic nitrogens is 2. The van der Waals surface area contributed by atoms with Gasteiger partial charge < -0.3 is 14.9 Å². The standard InChI is InChI=1S/C30H40FN5O2S/c1-21-12-13-30(2,27(31)18-21)25-20-35(28-7-4-14-32-33-28)19-24(25)29(38)34-15-5-6-26(36(39-3)17-16-34)22-8-10-23(37)11-9-22/h4,7-14,21,24-27,37H,5-6,15-20H2,1-3H3/t21?,24?,25-,26?,27?,30-/m1/s1. The molecule has 5 rings (SSSR count). The van der Waals surface area contributed by atoms with Crippen molar-refractivity contribution in [2.24, 2.45) is 23.2 Å². The predicted molar refractivity (Wildman–Crippen MR) is 154 cm³/mol. The number of hydrogen-bond acceptors (Lipinski definition) is 7. The molecule has 7 nitrogen and oxygen atoms in total. The lowest BCUT2D eigenvalue weighted by Crippen LogP contribution is -2.49. The van der Waals surface area contributed by atoms with Crippen LogP contribution in [0.2, 0.25) is 0 Å². The Kier molecular flexibility index (Phi) is 8.47. The van der Waals surface area contributed by atoms with Gasteiger partial charge >= 0.3 is 0 Å². The number of carbonyl (C=O) groups excluding carboxylic acids is 1. The van der Waals surface area contributed by atoms with Crippen LogP contribution in [-0.4, -0.2) is 75.6 Å². The Morgan fingerprint density at radius 2 is 1.95 bits per heavy atom. The zero-order chi connectivity index (χ0) is 27.6. The molecule has 0 spiro atoms. The fraction of sp³-hybridized carbons (Fsp3) is 0.567. The van der Waals surface area contributed by atoms with Gasteiger partial charge in [-0.2, -0.15) is 5.10 Å². The highest BCUT2D eigenvalue weighted by Crippen LogP contribution is 2.48. The van der Waals surface area contributed by atoms with Crippen molar-refractivity contribution in [1.29, 1.82) is 0 Å². The largest absolute Gasteiger partial charge is 0.508 e. The molecule has 4 unspecified atom stereocenters. The Bertz CT molecular complexity index is 1150. The van der Waals surface area contributed by atoms with Crippen LogP contribution in [0.25, 0.3) is 0 Å². The molecule has 9 heteroatoms. The molecule has 1 amide bonds. The summed E-state index contributed by atoms with van der Waals surface area (Å²) in [4.78, 5) is 18.4. The molecule has 1 aliphatic carbocycles. The van der Waals surface area contributed by atoms with Crippen LogP contribution in [0.4, 0.5) is 10.2 Å². The molecule has 2 fully saturated rings. The lowest BCUT2D eigenvalue weighted by Gasteiger charge is -2.43. The summed E-state index contributed by atoms with van der Waals surface area (Å²) >= 11 is 1.69. The third-order valence-electron chi connectivity index (χ3n) is 9.02. The first-order chi connectivity index (χ1) is 18.8. The van der Waals surface area contributed by atoms with Crippen LogP contribution in [0.3, 0.4) is 0 Å². The average Bonchev–Trinajstić information content (AvgIpc) is 3.39. The monoisotopic (exact) mass is 553 g/mol. The van der Waals surface area contributed by atoms with Crippen LogP contribution >= 0.6 is 11.9 Å². The van der Waals surface area contributed by atoms with Crippen LogP contribution in [0.15, 0.2) is 54.7 Å². The molecular formula is C30H40FN5O2S. The first kappa shape index (κ1) is 27.9. The van der Waals surface area contributed by atoms with Gasteiger partial charge in [-0.1, -0.05) is 50.1 Å². The molecule has 39 heavy (non-hydrogen) atoms. The van der Waals surface area contributed by atoms with Crippen molar-refractivity contribution in [2.75, 3.05) is 43.9 Å². The third-order valence-corrected chi connectivity index (χ3v) is 9.93. The Morgan fingerprint density at radius 1 is 1.15 bits per heavy atom. The van der Waals surface area contributed by atoms with Gasteiger partial charge in [-0.3, -0.25) is 4.79 Å². The van der Waals surface area contributed by atoms with E-state index >= 15 is 4.39 Å². The van der Waals surface area contributed by atoms with Crippen molar-refractivity contribution >= 4 is 23.7 Å². The summed E-state index contributed by atoms with van der Waals surface area (Å²) < 4.78 is 18.1. The van der Waals surface area contributed by atoms with Crippen molar-refractivity contribution in [3.8, 4) is 5.75 Å². The molecule has 1 N–H and O–H groups in total. The number of alkyl halides is 1. The molecule has 3 heterocycles. The lowest BCUT2D eigenvalue weighted by atomic mass is 9.64. The van der Waals surface area contributed by atoms with Gasteiger partial charge in [0.1, 0.15) is 11.9 Å². The minimum absolute atomic E-state index is 0.121. The van der Waals surface area contributed by atoms with E-state index < -0.39 is 11.6 Å². The average molecular weight is 554 g/mol. The SMILES string of the molecule is CSN1CCN(C(=O)C2CN(c3cccnn3)C[C@H]2[C@@]2(C)C=CC(C)CC2F)CCCC1c1ccc(O)cc1. The predicted octanol–water partition coefficient (Wildman–Crippen LogP) is 5.12. The van der Waals surface area contributed by atoms with E-state index in [0.29, 0.717) is 32.6 Å². The number of halogens is 1. The van der Waals surface area contributed by atoms with Gasteiger partial charge in [-0.05, 0) is 61.3 Å². The second-order valence-corrected chi connectivity index (χ2v) is 12.3. The third kappa shape index (κ3) is 5.80. The number of phenolic OH excluding ortho intramolecular Hbond substituents is 1. The number of amides is 1. The van der Waals surface area contributed by atoms with E-state index in [9.17, 15) is 9.90 Å². The molecule has 0 bridgehead atoms. The molecule has 3 aliphatic rings. The highest BCUT2D eigenvalue weighted by atomic mass is 32.2. The molecule has 1 aromatic heterocycles. The zero-order valence-electron chi connectivity index (χ0n) is 23.1. The van der Waals surface area contributed by atoms with E-state index in [-0.39, 0.29) is 35.5 Å². The Morgan fingerprint density at radius 3 is 2.64 bits per heavy atom. The maximum Gasteiger partial charge on any atom is 0.227 e. The molecule has 2 saturated heterocycles. The Hall–Kier alpha value is -2.65. The van der Waals surface area contributed by atoms with Crippen LogP contribution < -0.4 is 4.90 Å². The minimum Gasteiger partial charge on any atom is -0.508 e. The molecule has 1 aromatic carbocycles. The number of rotatable bonds is 5. The number of aromatic hydroxyl groups is 1. The summed E-state index contributed by atoms with van der Waals surface area (Å²) in [5.74, 6) is 0.859. The quantitative estimate of drug-likeness (QED) is 0.407. The van der Waals surface area contributed by atoms with E-state index in [1.165, 1.54) is 5.56 Å². The summed E-state index contributed by atoms with van der Waals surface area (Å²) in [6, 6.07) is 11.5. The van der Waals surface area contributed by atoms with Crippen molar-refractivity contribution in [2.45, 2.75) is 45.3 Å². The number of allylic oxidation sites excluding steroid dienone is 2. The van der Waals surface area contributed by atoms with Crippen LogP contribution in [0.1, 0.15) is 44.7 Å². The normalized spacial score (nSPS) is 32.2. The van der Waals surface area contributed by atoms with Gasteiger partial charge in [0.05, 0.1) is 5.92 Å². The summed E-state index contributed by atoms with van der Waals surface area (Å²) in [5.41, 5.74) is 0.472. The van der Waals surface area contributed by atoms with Crippen LogP contribution in [-0.2, 0) is 4.79 Å². The Labute approximate surface area is 235 Å². The zero-order valence-corrected chi connectivity index (χ0v) is 23.9. The first-order valence-electron chi connectivity index (χ1n) is 14.0. The topological polar surface area (TPSA) is 72.8 Å². The van der Waals surface area contributed by atoms with Gasteiger partial charge in [0.25, 0.3) is 0 Å². The van der Waals surface area contributed by atoms with E-state index in [4.69, 9.17) is 0 Å². The fourth-order valence-corrected chi connectivity index (χ4v) is 7.38. The van der Waals surface area contributed by atoms with Gasteiger partial charge in [-0.15, -0.1) is 5.10 Å². The molecule has 0 saturated carbocycles. The summed E-state index contributed by atoms with van der Waals surface area (Å²) in [7, 11) is 0. The highest BCUT2D eigenvalue weighted by Gasteiger charge is 2.52. The molecule has 0 radical (unpaired) electrons. The number of carbonyl (C=O) groups is 1. The van der Waals surface area contributed by atoms with Crippen molar-refractivity contribution in [1.82, 2.24) is 19.4 Å². The molecule has 210 valence electrons. The van der Waals surface area contributed by atoms with Gasteiger partial charge in [0, 0.05) is 56.3 Å². The van der Waals surface area contributed by atoms with Crippen LogP contribution in [0, 0.1) is 23.2 Å². The second kappa shape index (κ2) is 11.8. The van der Waals surface area contributed by atoms with Crippen molar-refractivity contribution < 1.29 is 14.3 Å². The minimum atomic E-state index is -0.995. The number of anilines is 1. The number of nitrogens with zero attached hydrogens (tertiary/aromatic N) is 5. The Balaban J connectivity index is 1.37. The molecule has 6 atom stereocenters. The van der Waals surface area contributed by atoms with Gasteiger partial charge in [-0.25, -0.2) is 8.70 Å². The van der Waals surface area contributed by atoms with E-state index in [1.807, 2.05) is 42.2 Å². The summed E-state index contributed by atoms with van der Waals surface area (Å²) in [6.07, 6.45) is 9.17. The van der Waals surface area contributed by atoms with Gasteiger partial charge in [0.2, 0.25) is 5.91 Å². The lowest BCUT2D eigenvalue weighted by molar-refractivity contribution is -0.138. The number of phenols is 1. The van der Waals surface area contributed by atoms with E-state index in [0.717, 1.165) is 25.2 Å². The van der Waals surface area contributed by atoms with E-state index in [1.54, 1.807) is 30.3 Å². The number of benzene rings is 1. The van der Waals surface area contributed by atoms with Crippen LogP contribution in [0.5, 0.6) is 5.75 Å². The van der Waals surface area contributed by atoms with E-state index in [2.05, 4.69) is 38.7 Å². The smallest absolute Gasteiger partial charge is 0.227 e. The summed E-state index contributed by atoms with van der Waals surface area (Å²) in [5, 5.41) is 18.1. The first-order valence-corrected chi connectivity index (χ1v) is 15.2. The maximum absolute atomic E-state index is 15.7. The second-order valence-electron chi connectivity index (χ2n) is 11.5. The molecule has 2 aliphatic heterocycles. The van der Waals surface area contributed by atoms with Gasteiger partial charge in [0.15, 0.2) is 5.82 Å². The van der Waals surface area contributed by atoms with Crippen molar-refractivity contribution in [3.63, 3.8) is 0 Å². The molecular weight excluding hydrogens is 513 g/mol. The highest BCUT2D eigenvalue weighted by molar-refractivity contribution is 7.96. The number of hydrogen-bond donors (Lipinski definition) is 1. The van der Waals surface area contributed by atoms with Crippen molar-refractivity contribution in [3.05, 3.63) is 60.3 Å². The maximum atomic E-state index is 15.7.